The lowest BCUT2D eigenvalue weighted by Gasteiger charge is -2.27. The van der Waals surface area contributed by atoms with Gasteiger partial charge in [0, 0.05) is 6.54 Å². The van der Waals surface area contributed by atoms with Crippen molar-refractivity contribution in [1.29, 1.82) is 0 Å². The zero-order valence-corrected chi connectivity index (χ0v) is 13.2. The van der Waals surface area contributed by atoms with E-state index in [-0.39, 0.29) is 0 Å². The average Bonchev–Trinajstić information content (AvgIpc) is 2.64. The van der Waals surface area contributed by atoms with Crippen LogP contribution in [0.15, 0.2) is 0 Å². The molecule has 0 aliphatic carbocycles. The highest BCUT2D eigenvalue weighted by molar-refractivity contribution is 4.79. The van der Waals surface area contributed by atoms with Crippen molar-refractivity contribution in [3.8, 4) is 0 Å². The van der Waals surface area contributed by atoms with Gasteiger partial charge in [0.1, 0.15) is 0 Å². The summed E-state index contributed by atoms with van der Waals surface area (Å²) in [4.78, 5) is 2.58. The van der Waals surface area contributed by atoms with Crippen LogP contribution >= 0.6 is 0 Å². The van der Waals surface area contributed by atoms with E-state index in [0.717, 1.165) is 37.6 Å². The summed E-state index contributed by atoms with van der Waals surface area (Å²) < 4.78 is 0. The van der Waals surface area contributed by atoms with Gasteiger partial charge in [-0.3, -0.25) is 0 Å². The first-order chi connectivity index (χ1) is 9.00. The predicted molar refractivity (Wildman–Crippen MR) is 82.1 cm³/mol. The summed E-state index contributed by atoms with van der Waals surface area (Å²) >= 11 is 0. The highest BCUT2D eigenvalue weighted by Gasteiger charge is 2.23. The van der Waals surface area contributed by atoms with E-state index in [1.54, 1.807) is 0 Å². The van der Waals surface area contributed by atoms with Gasteiger partial charge in [-0.25, -0.2) is 0 Å². The van der Waals surface area contributed by atoms with E-state index in [9.17, 15) is 5.11 Å². The second-order valence-electron chi connectivity index (χ2n) is 6.66. The lowest BCUT2D eigenvalue weighted by atomic mass is 9.89. The van der Waals surface area contributed by atoms with E-state index in [0.29, 0.717) is 6.54 Å². The van der Waals surface area contributed by atoms with Crippen molar-refractivity contribution in [2.45, 2.75) is 64.9 Å². The Morgan fingerprint density at radius 1 is 1.32 bits per heavy atom. The lowest BCUT2D eigenvalue weighted by Crippen LogP contribution is -2.38. The van der Waals surface area contributed by atoms with Gasteiger partial charge in [0.05, 0.1) is 5.60 Å². The van der Waals surface area contributed by atoms with Crippen LogP contribution in [0, 0.1) is 11.8 Å². The molecule has 1 rings (SSSR count). The summed E-state index contributed by atoms with van der Waals surface area (Å²) in [5.74, 6) is 1.73. The topological polar surface area (TPSA) is 49.5 Å². The third-order valence-electron chi connectivity index (χ3n) is 4.96. The van der Waals surface area contributed by atoms with E-state index in [4.69, 9.17) is 5.73 Å². The first-order valence-electron chi connectivity index (χ1n) is 8.15. The van der Waals surface area contributed by atoms with Gasteiger partial charge in [-0.15, -0.1) is 0 Å². The SMILES string of the molecule is CCC(O)(CN)CCCN1CCCC(C(C)C)CC1. The van der Waals surface area contributed by atoms with E-state index in [1.807, 2.05) is 6.92 Å². The van der Waals surface area contributed by atoms with E-state index < -0.39 is 5.60 Å². The molecule has 0 aromatic heterocycles. The van der Waals surface area contributed by atoms with Gasteiger partial charge in [0.25, 0.3) is 0 Å². The highest BCUT2D eigenvalue weighted by atomic mass is 16.3. The number of likely N-dealkylation sites (tertiary alicyclic amines) is 1. The molecule has 3 N–H and O–H groups in total. The number of aliphatic hydroxyl groups is 1. The minimum absolute atomic E-state index is 0.388. The molecule has 114 valence electrons. The zero-order chi connectivity index (χ0) is 14.3. The molecule has 0 spiro atoms. The van der Waals surface area contributed by atoms with Gasteiger partial charge in [0.2, 0.25) is 0 Å². The average molecular weight is 270 g/mol. The summed E-state index contributed by atoms with van der Waals surface area (Å²) in [5, 5.41) is 10.2. The minimum atomic E-state index is -0.633. The van der Waals surface area contributed by atoms with Crippen molar-refractivity contribution < 1.29 is 5.11 Å². The molecule has 3 heteroatoms. The first-order valence-corrected chi connectivity index (χ1v) is 8.15. The van der Waals surface area contributed by atoms with E-state index in [2.05, 4.69) is 18.7 Å². The van der Waals surface area contributed by atoms with Crippen LogP contribution in [0.5, 0.6) is 0 Å². The molecule has 19 heavy (non-hydrogen) atoms. The summed E-state index contributed by atoms with van der Waals surface area (Å²) in [7, 11) is 0. The molecule has 0 aromatic carbocycles. The smallest absolute Gasteiger partial charge is 0.0767 e. The Hall–Kier alpha value is -0.120. The standard InChI is InChI=1S/C16H34N2O/c1-4-16(19,13-17)9-6-11-18-10-5-7-15(8-12-18)14(2)3/h14-15,19H,4-13,17H2,1-3H3. The lowest BCUT2D eigenvalue weighted by molar-refractivity contribution is 0.0316. The van der Waals surface area contributed by atoms with Crippen LogP contribution in [0.4, 0.5) is 0 Å². The van der Waals surface area contributed by atoms with Crippen molar-refractivity contribution in [3.05, 3.63) is 0 Å². The fourth-order valence-electron chi connectivity index (χ4n) is 3.13. The molecule has 1 heterocycles. The summed E-state index contributed by atoms with van der Waals surface area (Å²) in [5.41, 5.74) is 5.02. The maximum absolute atomic E-state index is 10.2. The molecule has 0 aromatic rings. The minimum Gasteiger partial charge on any atom is -0.389 e. The fourth-order valence-corrected chi connectivity index (χ4v) is 3.13. The van der Waals surface area contributed by atoms with Crippen LogP contribution in [0.25, 0.3) is 0 Å². The molecule has 3 nitrogen and oxygen atoms in total. The number of rotatable bonds is 7. The Morgan fingerprint density at radius 2 is 2.05 bits per heavy atom. The van der Waals surface area contributed by atoms with Crippen LogP contribution in [0.3, 0.4) is 0 Å². The molecule has 1 aliphatic heterocycles. The Morgan fingerprint density at radius 3 is 2.63 bits per heavy atom. The predicted octanol–water partition coefficient (Wildman–Crippen LogP) is 2.62. The third-order valence-corrected chi connectivity index (χ3v) is 4.96. The number of hydrogen-bond donors (Lipinski definition) is 2. The molecule has 2 atom stereocenters. The number of nitrogens with zero attached hydrogens (tertiary/aromatic N) is 1. The van der Waals surface area contributed by atoms with Crippen LogP contribution < -0.4 is 5.73 Å². The Labute approximate surface area is 119 Å². The molecular formula is C16H34N2O. The monoisotopic (exact) mass is 270 g/mol. The van der Waals surface area contributed by atoms with Gasteiger partial charge >= 0.3 is 0 Å². The van der Waals surface area contributed by atoms with Gasteiger partial charge < -0.3 is 15.7 Å². The summed E-state index contributed by atoms with van der Waals surface area (Å²) in [6.45, 7) is 10.7. The molecular weight excluding hydrogens is 236 g/mol. The Bertz CT molecular complexity index is 239. The van der Waals surface area contributed by atoms with Gasteiger partial charge in [0.15, 0.2) is 0 Å². The van der Waals surface area contributed by atoms with Crippen molar-refractivity contribution in [2.75, 3.05) is 26.2 Å². The third kappa shape index (κ3) is 5.80. The van der Waals surface area contributed by atoms with E-state index in [1.165, 1.54) is 32.4 Å². The molecule has 2 unspecified atom stereocenters. The highest BCUT2D eigenvalue weighted by Crippen LogP contribution is 2.25. The van der Waals surface area contributed by atoms with Crippen LogP contribution in [-0.4, -0.2) is 41.8 Å². The van der Waals surface area contributed by atoms with Crippen LogP contribution in [0.1, 0.15) is 59.3 Å². The molecule has 0 radical (unpaired) electrons. The molecule has 1 aliphatic rings. The van der Waals surface area contributed by atoms with Gasteiger partial charge in [-0.05, 0) is 70.0 Å². The molecule has 0 amide bonds. The maximum atomic E-state index is 10.2. The summed E-state index contributed by atoms with van der Waals surface area (Å²) in [6.07, 6.45) is 6.72. The van der Waals surface area contributed by atoms with Crippen molar-refractivity contribution in [1.82, 2.24) is 4.90 Å². The number of nitrogens with two attached hydrogens (primary N) is 1. The first kappa shape index (κ1) is 16.9. The number of hydrogen-bond acceptors (Lipinski definition) is 3. The Kier molecular flexibility index (Phi) is 7.33. The van der Waals surface area contributed by atoms with E-state index >= 15 is 0 Å². The quantitative estimate of drug-likeness (QED) is 0.747. The fraction of sp³-hybridized carbons (Fsp3) is 1.00. The molecule has 0 saturated carbocycles. The van der Waals surface area contributed by atoms with Crippen LogP contribution in [-0.2, 0) is 0 Å². The van der Waals surface area contributed by atoms with Gasteiger partial charge in [-0.2, -0.15) is 0 Å². The second-order valence-corrected chi connectivity index (χ2v) is 6.66. The Balaban J connectivity index is 2.27. The van der Waals surface area contributed by atoms with Crippen molar-refractivity contribution in [2.24, 2.45) is 17.6 Å². The second kappa shape index (κ2) is 8.23. The zero-order valence-electron chi connectivity index (χ0n) is 13.2. The normalized spacial score (nSPS) is 25.3. The molecule has 1 fully saturated rings. The maximum Gasteiger partial charge on any atom is 0.0767 e. The van der Waals surface area contributed by atoms with Crippen molar-refractivity contribution >= 4 is 0 Å². The summed E-state index contributed by atoms with van der Waals surface area (Å²) in [6, 6.07) is 0. The largest absolute Gasteiger partial charge is 0.389 e. The molecule has 1 saturated heterocycles. The van der Waals surface area contributed by atoms with Gasteiger partial charge in [-0.1, -0.05) is 20.8 Å². The van der Waals surface area contributed by atoms with Crippen molar-refractivity contribution in [3.63, 3.8) is 0 Å². The molecule has 0 bridgehead atoms. The van der Waals surface area contributed by atoms with Crippen LogP contribution in [0.2, 0.25) is 0 Å².